The minimum atomic E-state index is -3.94. The highest BCUT2D eigenvalue weighted by Gasteiger charge is 2.23. The van der Waals surface area contributed by atoms with Gasteiger partial charge in [-0.15, -0.1) is 0 Å². The summed E-state index contributed by atoms with van der Waals surface area (Å²) in [7, 11) is -3.94. The molecule has 0 N–H and O–H groups in total. The maximum Gasteiger partial charge on any atom is 0.279 e. The average Bonchev–Trinajstić information content (AvgIpc) is 2.68. The van der Waals surface area contributed by atoms with Gasteiger partial charge < -0.3 is 0 Å². The number of sulfonamides is 1. The number of nitrogens with zero attached hydrogens (tertiary/aromatic N) is 2. The Morgan fingerprint density at radius 3 is 1.96 bits per heavy atom. The van der Waals surface area contributed by atoms with Crippen molar-refractivity contribution in [3.63, 3.8) is 0 Å². The molecule has 0 aliphatic rings. The first-order chi connectivity index (χ1) is 13.3. The molecular formula is C21H18F2N2O2S. The lowest BCUT2D eigenvalue weighted by Crippen LogP contribution is -2.26. The van der Waals surface area contributed by atoms with Crippen LogP contribution in [0.25, 0.3) is 0 Å². The molecule has 0 saturated carbocycles. The van der Waals surface area contributed by atoms with Crippen LogP contribution in [-0.2, 0) is 16.6 Å². The number of benzene rings is 3. The number of aryl methyl sites for hydroxylation is 1. The second kappa shape index (κ2) is 8.31. The Hall–Kier alpha value is -3.06. The maximum absolute atomic E-state index is 13.2. The van der Waals surface area contributed by atoms with Crippen molar-refractivity contribution in [2.75, 3.05) is 0 Å². The number of hydrazone groups is 1. The van der Waals surface area contributed by atoms with E-state index in [1.807, 2.05) is 6.92 Å². The second-order valence-corrected chi connectivity index (χ2v) is 8.06. The lowest BCUT2D eigenvalue weighted by atomic mass is 10.2. The van der Waals surface area contributed by atoms with Crippen LogP contribution in [-0.4, -0.2) is 19.0 Å². The molecule has 0 unspecified atom stereocenters. The van der Waals surface area contributed by atoms with E-state index in [4.69, 9.17) is 0 Å². The zero-order chi connectivity index (χ0) is 20.1. The normalized spacial score (nSPS) is 11.7. The monoisotopic (exact) mass is 400 g/mol. The molecule has 0 spiro atoms. The lowest BCUT2D eigenvalue weighted by molar-refractivity contribution is 0.427. The Morgan fingerprint density at radius 2 is 1.39 bits per heavy atom. The third-order valence-electron chi connectivity index (χ3n) is 4.03. The molecule has 7 heteroatoms. The fraction of sp³-hybridized carbons (Fsp3) is 0.0952. The van der Waals surface area contributed by atoms with E-state index in [0.29, 0.717) is 11.1 Å². The molecule has 3 aromatic rings. The molecule has 0 saturated heterocycles. The SMILES string of the molecule is Cc1ccc(S(=O)(=O)N(Cc2ccc(F)cc2)/N=C/c2ccc(F)cc2)cc1. The van der Waals surface area contributed by atoms with Crippen molar-refractivity contribution in [2.24, 2.45) is 5.10 Å². The van der Waals surface area contributed by atoms with Gasteiger partial charge in [-0.2, -0.15) is 17.9 Å². The first kappa shape index (κ1) is 19.7. The highest BCUT2D eigenvalue weighted by molar-refractivity contribution is 7.89. The molecule has 0 aliphatic heterocycles. The molecule has 0 radical (unpaired) electrons. The summed E-state index contributed by atoms with van der Waals surface area (Å²) in [5.74, 6) is -0.806. The van der Waals surface area contributed by atoms with Gasteiger partial charge in [0.25, 0.3) is 10.0 Å². The van der Waals surface area contributed by atoms with Gasteiger partial charge in [0.05, 0.1) is 17.7 Å². The quantitative estimate of drug-likeness (QED) is 0.452. The summed E-state index contributed by atoms with van der Waals surface area (Å²) in [5, 5.41) is 4.12. The third-order valence-corrected chi connectivity index (χ3v) is 5.68. The minimum absolute atomic E-state index is 0.0752. The summed E-state index contributed by atoms with van der Waals surface area (Å²) < 4.78 is 53.3. The van der Waals surface area contributed by atoms with Crippen LogP contribution in [0.5, 0.6) is 0 Å². The fourth-order valence-electron chi connectivity index (χ4n) is 2.45. The van der Waals surface area contributed by atoms with Crippen molar-refractivity contribution in [1.82, 2.24) is 4.41 Å². The summed E-state index contributed by atoms with van der Waals surface area (Å²) >= 11 is 0. The van der Waals surface area contributed by atoms with Gasteiger partial charge in [-0.25, -0.2) is 8.78 Å². The topological polar surface area (TPSA) is 49.7 Å². The van der Waals surface area contributed by atoms with Crippen molar-refractivity contribution in [3.8, 4) is 0 Å². The van der Waals surface area contributed by atoms with Gasteiger partial charge in [-0.1, -0.05) is 42.0 Å². The standard InChI is InChI=1S/C21H18F2N2O2S/c1-16-2-12-21(13-3-16)28(26,27)25(15-18-6-10-20(23)11-7-18)24-14-17-4-8-19(22)9-5-17/h2-14H,15H2,1H3/b24-14+. The highest BCUT2D eigenvalue weighted by atomic mass is 32.2. The Bertz CT molecular complexity index is 1060. The van der Waals surface area contributed by atoms with Crippen LogP contribution < -0.4 is 0 Å². The van der Waals surface area contributed by atoms with Crippen molar-refractivity contribution < 1.29 is 17.2 Å². The van der Waals surface area contributed by atoms with E-state index in [0.717, 1.165) is 9.98 Å². The summed E-state index contributed by atoms with van der Waals surface area (Å²) in [6.45, 7) is 1.79. The predicted octanol–water partition coefficient (Wildman–Crippen LogP) is 4.50. The molecule has 0 atom stereocenters. The minimum Gasteiger partial charge on any atom is -0.207 e. The third kappa shape index (κ3) is 4.80. The van der Waals surface area contributed by atoms with Crippen LogP contribution in [0.4, 0.5) is 8.78 Å². The van der Waals surface area contributed by atoms with Gasteiger partial charge in [-0.3, -0.25) is 0 Å². The molecule has 0 aliphatic carbocycles. The Balaban J connectivity index is 1.96. The summed E-state index contributed by atoms with van der Waals surface area (Å²) in [6, 6.07) is 17.5. The molecule has 0 heterocycles. The summed E-state index contributed by atoms with van der Waals surface area (Å²) in [4.78, 5) is 0.0940. The van der Waals surface area contributed by atoms with Crippen LogP contribution in [0.2, 0.25) is 0 Å². The molecule has 28 heavy (non-hydrogen) atoms. The van der Waals surface area contributed by atoms with E-state index in [-0.39, 0.29) is 11.4 Å². The number of rotatable bonds is 6. The van der Waals surface area contributed by atoms with E-state index in [1.165, 1.54) is 66.9 Å². The number of halogens is 2. The van der Waals surface area contributed by atoms with Crippen molar-refractivity contribution in [3.05, 3.63) is 101 Å². The first-order valence-electron chi connectivity index (χ1n) is 8.48. The van der Waals surface area contributed by atoms with E-state index in [1.54, 1.807) is 12.1 Å². The molecule has 0 fully saturated rings. The maximum atomic E-state index is 13.2. The van der Waals surface area contributed by atoms with Gasteiger partial charge in [0.2, 0.25) is 0 Å². The largest absolute Gasteiger partial charge is 0.279 e. The molecule has 0 aromatic heterocycles. The van der Waals surface area contributed by atoms with Crippen molar-refractivity contribution in [1.29, 1.82) is 0 Å². The van der Waals surface area contributed by atoms with Gasteiger partial charge in [-0.05, 0) is 54.4 Å². The average molecular weight is 400 g/mol. The van der Waals surface area contributed by atoms with Gasteiger partial charge in [0, 0.05) is 0 Å². The smallest absolute Gasteiger partial charge is 0.207 e. The van der Waals surface area contributed by atoms with Crippen molar-refractivity contribution in [2.45, 2.75) is 18.4 Å². The van der Waals surface area contributed by atoms with Crippen LogP contribution in [0.15, 0.2) is 82.8 Å². The molecule has 4 nitrogen and oxygen atoms in total. The number of hydrogen-bond donors (Lipinski definition) is 0. The molecule has 3 rings (SSSR count). The van der Waals surface area contributed by atoms with Gasteiger partial charge in [0.15, 0.2) is 0 Å². The lowest BCUT2D eigenvalue weighted by Gasteiger charge is -2.19. The molecule has 0 bridgehead atoms. The molecule has 0 amide bonds. The Morgan fingerprint density at radius 1 is 0.857 bits per heavy atom. The molecule has 144 valence electrons. The second-order valence-electron chi connectivity index (χ2n) is 6.22. The van der Waals surface area contributed by atoms with Crippen LogP contribution in [0.3, 0.4) is 0 Å². The molecule has 3 aromatic carbocycles. The van der Waals surface area contributed by atoms with E-state index in [9.17, 15) is 17.2 Å². The zero-order valence-corrected chi connectivity index (χ0v) is 15.9. The summed E-state index contributed by atoms with van der Waals surface area (Å²) in [5.41, 5.74) is 2.05. The van der Waals surface area contributed by atoms with Gasteiger partial charge >= 0.3 is 0 Å². The Kier molecular flexibility index (Phi) is 5.84. The van der Waals surface area contributed by atoms with E-state index in [2.05, 4.69) is 5.10 Å². The Labute approximate surface area is 162 Å². The first-order valence-corrected chi connectivity index (χ1v) is 9.92. The predicted molar refractivity (Wildman–Crippen MR) is 104 cm³/mol. The highest BCUT2D eigenvalue weighted by Crippen LogP contribution is 2.20. The van der Waals surface area contributed by atoms with Crippen LogP contribution in [0, 0.1) is 18.6 Å². The summed E-state index contributed by atoms with van der Waals surface area (Å²) in [6.07, 6.45) is 1.34. The fourth-order valence-corrected chi connectivity index (χ4v) is 3.66. The van der Waals surface area contributed by atoms with Gasteiger partial charge in [0.1, 0.15) is 11.6 Å². The molecular weight excluding hydrogens is 382 g/mol. The van der Waals surface area contributed by atoms with Crippen LogP contribution in [0.1, 0.15) is 16.7 Å². The van der Waals surface area contributed by atoms with Crippen molar-refractivity contribution >= 4 is 16.2 Å². The number of hydrogen-bond acceptors (Lipinski definition) is 3. The van der Waals surface area contributed by atoms with E-state index >= 15 is 0 Å². The van der Waals surface area contributed by atoms with E-state index < -0.39 is 21.7 Å². The van der Waals surface area contributed by atoms with Crippen LogP contribution >= 0.6 is 0 Å². The zero-order valence-electron chi connectivity index (χ0n) is 15.1.